The average Bonchev–Trinajstić information content (AvgIpc) is 3.80. The van der Waals surface area contributed by atoms with E-state index < -0.39 is 0 Å². The molecule has 2 heteroatoms. The van der Waals surface area contributed by atoms with Crippen LogP contribution in [0.15, 0.2) is 219 Å². The average molecular weight is 781 g/mol. The molecule has 7 aliphatic rings. The molecular weight excluding hydrogens is 725 g/mol. The Bertz CT molecular complexity index is 2590. The maximum absolute atomic E-state index is 4.87. The molecule has 0 saturated carbocycles. The topological polar surface area (TPSA) is 25.2 Å². The summed E-state index contributed by atoms with van der Waals surface area (Å²) in [6.45, 7) is 7.36. The highest BCUT2D eigenvalue weighted by molar-refractivity contribution is 5.78. The molecule has 2 heterocycles. The first kappa shape index (κ1) is 38.3. The number of allylic oxidation sites excluding steroid dienone is 22. The van der Waals surface area contributed by atoms with Crippen molar-refractivity contribution < 1.29 is 0 Å². The van der Waals surface area contributed by atoms with Gasteiger partial charge < -0.3 is 0 Å². The van der Waals surface area contributed by atoms with Crippen LogP contribution in [0, 0.1) is 23.7 Å². The molecule has 1 aromatic heterocycles. The molecule has 0 fully saturated rings. The largest absolute Gasteiger partial charge is 0.285 e. The van der Waals surface area contributed by atoms with Crippen LogP contribution < -0.4 is 0 Å². The Kier molecular flexibility index (Phi) is 10.4. The van der Waals surface area contributed by atoms with E-state index in [9.17, 15) is 0 Å². The van der Waals surface area contributed by atoms with Gasteiger partial charge in [-0.05, 0) is 149 Å². The minimum absolute atomic E-state index is 0.0888. The fourth-order valence-corrected chi connectivity index (χ4v) is 11.3. The van der Waals surface area contributed by atoms with Crippen LogP contribution in [0.25, 0.3) is 11.1 Å². The zero-order valence-electron chi connectivity index (χ0n) is 35.4. The number of dihydropyridines is 1. The van der Waals surface area contributed by atoms with Crippen LogP contribution >= 0.6 is 0 Å². The predicted octanol–water partition coefficient (Wildman–Crippen LogP) is 14.2. The lowest BCUT2D eigenvalue weighted by Gasteiger charge is -2.42. The lowest BCUT2D eigenvalue weighted by Crippen LogP contribution is -2.29. The molecular formula is C58H56N2. The summed E-state index contributed by atoms with van der Waals surface area (Å²) in [5.74, 6) is 1.42. The van der Waals surface area contributed by atoms with Crippen molar-refractivity contribution in [3.63, 3.8) is 0 Å². The van der Waals surface area contributed by atoms with E-state index in [0.717, 1.165) is 50.6 Å². The van der Waals surface area contributed by atoms with Crippen LogP contribution in [0.4, 0.5) is 0 Å². The Morgan fingerprint density at radius 3 is 2.17 bits per heavy atom. The number of fused-ring (bicyclic) bond motifs is 1. The second-order valence-corrected chi connectivity index (χ2v) is 18.2. The van der Waals surface area contributed by atoms with Gasteiger partial charge in [0.1, 0.15) is 0 Å². The molecule has 0 amide bonds. The number of aromatic nitrogens is 1. The van der Waals surface area contributed by atoms with Gasteiger partial charge in [-0.3, -0.25) is 9.98 Å². The zero-order valence-corrected chi connectivity index (χ0v) is 35.4. The first-order valence-corrected chi connectivity index (χ1v) is 22.4. The number of benzene rings is 2. The maximum atomic E-state index is 4.87. The summed E-state index contributed by atoms with van der Waals surface area (Å²) in [6, 6.07) is 28.7. The minimum atomic E-state index is -0.0888. The summed E-state index contributed by atoms with van der Waals surface area (Å²) in [5, 5.41) is 0. The van der Waals surface area contributed by atoms with E-state index in [1.807, 2.05) is 18.5 Å². The number of hydrogen-bond donors (Lipinski definition) is 0. The second-order valence-electron chi connectivity index (χ2n) is 18.2. The number of hydrogen-bond acceptors (Lipinski definition) is 2. The normalized spacial score (nSPS) is 28.6. The highest BCUT2D eigenvalue weighted by Gasteiger charge is 2.42. The van der Waals surface area contributed by atoms with Gasteiger partial charge in [-0.25, -0.2) is 0 Å². The molecule has 298 valence electrons. The van der Waals surface area contributed by atoms with Crippen molar-refractivity contribution in [1.82, 2.24) is 4.98 Å². The fourth-order valence-electron chi connectivity index (χ4n) is 11.3. The van der Waals surface area contributed by atoms with E-state index in [1.165, 1.54) is 55.7 Å². The second kappa shape index (κ2) is 16.3. The Morgan fingerprint density at radius 1 is 0.683 bits per heavy atom. The summed E-state index contributed by atoms with van der Waals surface area (Å²) in [6.07, 6.45) is 42.7. The molecule has 1 aliphatic heterocycles. The molecule has 6 atom stereocenters. The van der Waals surface area contributed by atoms with Crippen LogP contribution in [-0.2, 0) is 5.41 Å². The molecule has 2 aromatic carbocycles. The molecule has 2 nitrogen and oxygen atoms in total. The SMILES string of the molecule is CC1=C(C2=CC=C(c3ccccn3)CC2)C2=CC=CC(C)C2C(C2=CC=C(C3CC=CC=N3)CC2)=C1C1C=CC(C2=CC(c3ccccc3)=CC(C)(c3ccccc3)C2)C1. The van der Waals surface area contributed by atoms with Gasteiger partial charge in [-0.2, -0.15) is 0 Å². The lowest BCUT2D eigenvalue weighted by molar-refractivity contribution is 0.509. The first-order chi connectivity index (χ1) is 29.4. The van der Waals surface area contributed by atoms with Crippen molar-refractivity contribution in [2.45, 2.75) is 77.2 Å². The minimum Gasteiger partial charge on any atom is -0.285 e. The molecule has 3 aromatic rings. The summed E-state index contributed by atoms with van der Waals surface area (Å²) in [7, 11) is 0. The van der Waals surface area contributed by atoms with Gasteiger partial charge >= 0.3 is 0 Å². The van der Waals surface area contributed by atoms with Crippen molar-refractivity contribution in [2.75, 3.05) is 0 Å². The maximum Gasteiger partial charge on any atom is 0.0746 e. The molecule has 6 unspecified atom stereocenters. The molecule has 60 heavy (non-hydrogen) atoms. The Morgan fingerprint density at radius 2 is 1.43 bits per heavy atom. The van der Waals surface area contributed by atoms with Crippen molar-refractivity contribution in [2.24, 2.45) is 28.7 Å². The monoisotopic (exact) mass is 780 g/mol. The molecule has 0 N–H and O–H groups in total. The van der Waals surface area contributed by atoms with Gasteiger partial charge in [0, 0.05) is 29.7 Å². The van der Waals surface area contributed by atoms with Crippen LogP contribution in [0.1, 0.15) is 82.5 Å². The van der Waals surface area contributed by atoms with Gasteiger partial charge in [0.05, 0.1) is 11.7 Å². The molecule has 0 bridgehead atoms. The third-order valence-electron chi connectivity index (χ3n) is 14.3. The lowest BCUT2D eigenvalue weighted by atomic mass is 9.62. The Balaban J connectivity index is 1.08. The van der Waals surface area contributed by atoms with Crippen LogP contribution in [0.3, 0.4) is 0 Å². The third kappa shape index (κ3) is 7.25. The molecule has 6 aliphatic carbocycles. The summed E-state index contributed by atoms with van der Waals surface area (Å²) in [5.41, 5.74) is 20.0. The van der Waals surface area contributed by atoms with E-state index in [0.29, 0.717) is 23.7 Å². The summed E-state index contributed by atoms with van der Waals surface area (Å²) >= 11 is 0. The third-order valence-corrected chi connectivity index (χ3v) is 14.3. The van der Waals surface area contributed by atoms with Crippen molar-refractivity contribution in [3.05, 3.63) is 231 Å². The van der Waals surface area contributed by atoms with E-state index in [4.69, 9.17) is 9.98 Å². The number of pyridine rings is 1. The number of nitrogens with zero attached hydrogens (tertiary/aromatic N) is 2. The molecule has 0 spiro atoms. The van der Waals surface area contributed by atoms with Crippen molar-refractivity contribution in [1.29, 1.82) is 0 Å². The highest BCUT2D eigenvalue weighted by Crippen LogP contribution is 2.55. The van der Waals surface area contributed by atoms with E-state index in [2.05, 4.69) is 173 Å². The van der Waals surface area contributed by atoms with Gasteiger partial charge in [-0.15, -0.1) is 0 Å². The summed E-state index contributed by atoms with van der Waals surface area (Å²) in [4.78, 5) is 9.58. The van der Waals surface area contributed by atoms with E-state index in [1.54, 1.807) is 16.7 Å². The van der Waals surface area contributed by atoms with Gasteiger partial charge in [0.2, 0.25) is 0 Å². The number of rotatable bonds is 8. The fraction of sp³-hybridized carbons (Fsp3) is 0.276. The standard InChI is InChI=1S/C58H56N2/c1-39-15-14-20-51-54(39)57(45-29-25-43(26-30-45)53-22-11-13-34-60-53)56(40(2)55(51)44-27-23-42(24-28-44)52-21-10-12-33-59-52)47-32-31-46(35-47)49-36-48(41-16-6-4-7-17-41)37-58(3,38-49)50-18-8-5-9-19-50/h4-21,23,25,27,29,31-34,36-37,39,46-47,53-54H,22,24,26,28,30,35,38H2,1-3H3. The van der Waals surface area contributed by atoms with Crippen LogP contribution in [0.2, 0.25) is 0 Å². The van der Waals surface area contributed by atoms with Crippen LogP contribution in [-0.4, -0.2) is 17.2 Å². The highest BCUT2D eigenvalue weighted by atomic mass is 14.8. The molecule has 10 rings (SSSR count). The van der Waals surface area contributed by atoms with Gasteiger partial charge in [-0.1, -0.05) is 159 Å². The van der Waals surface area contributed by atoms with Crippen molar-refractivity contribution in [3.8, 4) is 0 Å². The smallest absolute Gasteiger partial charge is 0.0746 e. The number of aliphatic imine (C=N–C) groups is 1. The van der Waals surface area contributed by atoms with Gasteiger partial charge in [0.15, 0.2) is 0 Å². The first-order valence-electron chi connectivity index (χ1n) is 22.4. The van der Waals surface area contributed by atoms with Crippen LogP contribution in [0.5, 0.6) is 0 Å². The molecule has 0 saturated heterocycles. The van der Waals surface area contributed by atoms with Crippen molar-refractivity contribution >= 4 is 17.4 Å². The predicted molar refractivity (Wildman–Crippen MR) is 252 cm³/mol. The van der Waals surface area contributed by atoms with E-state index in [-0.39, 0.29) is 11.5 Å². The van der Waals surface area contributed by atoms with Gasteiger partial charge in [0.25, 0.3) is 0 Å². The Hall–Kier alpha value is -5.86. The van der Waals surface area contributed by atoms with E-state index >= 15 is 0 Å². The quantitative estimate of drug-likeness (QED) is 0.209. The molecule has 0 radical (unpaired) electrons. The Labute approximate surface area is 357 Å². The zero-order chi connectivity index (χ0) is 40.6. The summed E-state index contributed by atoms with van der Waals surface area (Å²) < 4.78 is 0.